The first kappa shape index (κ1) is 20.9. The van der Waals surface area contributed by atoms with E-state index in [1.807, 2.05) is 30.7 Å². The molecule has 0 bridgehead atoms. The molecule has 0 radical (unpaired) electrons. The first-order chi connectivity index (χ1) is 12.7. The lowest BCUT2D eigenvalue weighted by molar-refractivity contribution is -0.141. The number of rotatable bonds is 8. The zero-order valence-electron chi connectivity index (χ0n) is 17.2. The fourth-order valence-corrected chi connectivity index (χ4v) is 2.99. The zero-order chi connectivity index (χ0) is 20.1. The molecule has 1 aromatic heterocycles. The Hall–Kier alpha value is -2.43. The number of hydrogen-bond donors (Lipinski definition) is 0. The van der Waals surface area contributed by atoms with E-state index >= 15 is 0 Å². The average molecular weight is 370 g/mol. The van der Waals surface area contributed by atoms with E-state index in [9.17, 15) is 9.59 Å². The van der Waals surface area contributed by atoms with Gasteiger partial charge in [-0.1, -0.05) is 52.0 Å². The third kappa shape index (κ3) is 5.52. The lowest BCUT2D eigenvalue weighted by atomic mass is 10.0. The van der Waals surface area contributed by atoms with Gasteiger partial charge in [-0.3, -0.25) is 14.3 Å². The third-order valence-electron chi connectivity index (χ3n) is 4.65. The Morgan fingerprint density at radius 1 is 1.07 bits per heavy atom. The van der Waals surface area contributed by atoms with Crippen molar-refractivity contribution in [1.82, 2.24) is 9.78 Å². The van der Waals surface area contributed by atoms with Crippen molar-refractivity contribution in [3.63, 3.8) is 0 Å². The quantitative estimate of drug-likeness (QED) is 0.515. The third-order valence-corrected chi connectivity index (χ3v) is 4.65. The van der Waals surface area contributed by atoms with Gasteiger partial charge < -0.3 is 4.74 Å². The maximum atomic E-state index is 12.2. The van der Waals surface area contributed by atoms with Crippen molar-refractivity contribution in [2.45, 2.75) is 60.4 Å². The lowest BCUT2D eigenvalue weighted by Crippen LogP contribution is -2.16. The summed E-state index contributed by atoms with van der Waals surface area (Å²) in [4.78, 5) is 24.5. The van der Waals surface area contributed by atoms with Gasteiger partial charge in [-0.2, -0.15) is 5.10 Å². The molecule has 2 aromatic rings. The van der Waals surface area contributed by atoms with Crippen LogP contribution in [-0.4, -0.2) is 28.1 Å². The Bertz CT molecular complexity index is 802. The standard InChI is InChI=1S/C22H30N2O3/c1-14(2)12-24-17(6)20(16(5)23-24)11-22(26)27-13-21(25)19-9-7-18(8-10-19)15(3)4/h7-10,14-15H,11-13H2,1-6H3. The molecule has 0 saturated carbocycles. The SMILES string of the molecule is Cc1nn(CC(C)C)c(C)c1CC(=O)OCC(=O)c1ccc(C(C)C)cc1. The number of aryl methyl sites for hydroxylation is 1. The number of ketones is 1. The number of benzene rings is 1. The van der Waals surface area contributed by atoms with Crippen LogP contribution in [0.15, 0.2) is 24.3 Å². The molecule has 5 nitrogen and oxygen atoms in total. The first-order valence-corrected chi connectivity index (χ1v) is 9.50. The minimum Gasteiger partial charge on any atom is -0.457 e. The summed E-state index contributed by atoms with van der Waals surface area (Å²) in [7, 11) is 0. The molecule has 0 aliphatic rings. The Balaban J connectivity index is 1.94. The largest absolute Gasteiger partial charge is 0.457 e. The van der Waals surface area contributed by atoms with Crippen molar-refractivity contribution in [3.8, 4) is 0 Å². The Morgan fingerprint density at radius 3 is 2.26 bits per heavy atom. The van der Waals surface area contributed by atoms with Gasteiger partial charge in [0.2, 0.25) is 0 Å². The summed E-state index contributed by atoms with van der Waals surface area (Å²) in [6, 6.07) is 7.45. The van der Waals surface area contributed by atoms with Gasteiger partial charge in [0, 0.05) is 23.4 Å². The van der Waals surface area contributed by atoms with E-state index in [-0.39, 0.29) is 18.8 Å². The second-order valence-corrected chi connectivity index (χ2v) is 7.76. The van der Waals surface area contributed by atoms with E-state index in [1.54, 1.807) is 12.1 Å². The van der Waals surface area contributed by atoms with Gasteiger partial charge in [0.25, 0.3) is 0 Å². The van der Waals surface area contributed by atoms with Crippen molar-refractivity contribution in [3.05, 3.63) is 52.3 Å². The van der Waals surface area contributed by atoms with Gasteiger partial charge in [-0.15, -0.1) is 0 Å². The van der Waals surface area contributed by atoms with Gasteiger partial charge in [-0.05, 0) is 31.2 Å². The molecule has 0 amide bonds. The van der Waals surface area contributed by atoms with Crippen LogP contribution in [0.4, 0.5) is 0 Å². The lowest BCUT2D eigenvalue weighted by Gasteiger charge is -2.09. The highest BCUT2D eigenvalue weighted by Gasteiger charge is 2.17. The Morgan fingerprint density at radius 2 is 1.70 bits per heavy atom. The van der Waals surface area contributed by atoms with Crippen molar-refractivity contribution in [1.29, 1.82) is 0 Å². The molecule has 146 valence electrons. The van der Waals surface area contributed by atoms with Crippen molar-refractivity contribution in [2.75, 3.05) is 6.61 Å². The van der Waals surface area contributed by atoms with Gasteiger partial charge in [0.1, 0.15) is 0 Å². The molecule has 0 saturated heterocycles. The molecule has 5 heteroatoms. The summed E-state index contributed by atoms with van der Waals surface area (Å²) in [5.74, 6) is 0.289. The van der Waals surface area contributed by atoms with Crippen molar-refractivity contribution < 1.29 is 14.3 Å². The smallest absolute Gasteiger partial charge is 0.310 e. The number of aromatic nitrogens is 2. The molecule has 27 heavy (non-hydrogen) atoms. The molecule has 1 heterocycles. The molecular formula is C22H30N2O3. The topological polar surface area (TPSA) is 61.2 Å². The number of carbonyl (C=O) groups is 2. The summed E-state index contributed by atoms with van der Waals surface area (Å²) in [5.41, 5.74) is 4.43. The number of Topliss-reactive ketones (excluding diaryl/α,β-unsaturated/α-hetero) is 1. The highest BCUT2D eigenvalue weighted by atomic mass is 16.5. The van der Waals surface area contributed by atoms with Crippen LogP contribution in [-0.2, 0) is 22.5 Å². The molecule has 0 fully saturated rings. The minimum atomic E-state index is -0.405. The van der Waals surface area contributed by atoms with Crippen molar-refractivity contribution in [2.24, 2.45) is 5.92 Å². The van der Waals surface area contributed by atoms with E-state index in [1.165, 1.54) is 5.56 Å². The second-order valence-electron chi connectivity index (χ2n) is 7.76. The molecule has 0 unspecified atom stereocenters. The summed E-state index contributed by atoms with van der Waals surface area (Å²) in [6.45, 7) is 12.9. The zero-order valence-corrected chi connectivity index (χ0v) is 17.2. The fraction of sp³-hybridized carbons (Fsp3) is 0.500. The number of carbonyl (C=O) groups excluding carboxylic acids is 2. The normalized spacial score (nSPS) is 11.3. The molecule has 0 atom stereocenters. The molecule has 0 spiro atoms. The summed E-state index contributed by atoms with van der Waals surface area (Å²) in [6.07, 6.45) is 0.134. The van der Waals surface area contributed by atoms with Gasteiger partial charge >= 0.3 is 5.97 Å². The van der Waals surface area contributed by atoms with E-state index < -0.39 is 5.97 Å². The molecule has 0 aliphatic carbocycles. The van der Waals surface area contributed by atoms with Crippen LogP contribution in [0.3, 0.4) is 0 Å². The molecule has 0 aliphatic heterocycles. The number of hydrogen-bond acceptors (Lipinski definition) is 4. The van der Waals surface area contributed by atoms with Crippen molar-refractivity contribution >= 4 is 11.8 Å². The maximum absolute atomic E-state index is 12.2. The van der Waals surface area contributed by atoms with Gasteiger partial charge in [0.15, 0.2) is 12.4 Å². The van der Waals surface area contributed by atoms with Crippen LogP contribution < -0.4 is 0 Å². The van der Waals surface area contributed by atoms with E-state index in [0.717, 1.165) is 23.5 Å². The minimum absolute atomic E-state index is 0.134. The van der Waals surface area contributed by atoms with E-state index in [0.29, 0.717) is 17.4 Å². The summed E-state index contributed by atoms with van der Waals surface area (Å²) in [5, 5.41) is 4.51. The predicted octanol–water partition coefficient (Wildman–Crippen LogP) is 4.25. The second kappa shape index (κ2) is 8.98. The number of ether oxygens (including phenoxy) is 1. The predicted molar refractivity (Wildman–Crippen MR) is 106 cm³/mol. The van der Waals surface area contributed by atoms with Gasteiger partial charge in [0.05, 0.1) is 12.1 Å². The van der Waals surface area contributed by atoms with Crippen LogP contribution in [0, 0.1) is 19.8 Å². The Kier molecular flexibility index (Phi) is 6.94. The van der Waals surface area contributed by atoms with E-state index in [2.05, 4.69) is 32.8 Å². The first-order valence-electron chi connectivity index (χ1n) is 9.50. The van der Waals surface area contributed by atoms with Crippen LogP contribution in [0.1, 0.15) is 66.5 Å². The van der Waals surface area contributed by atoms with Gasteiger partial charge in [-0.25, -0.2) is 0 Å². The molecular weight excluding hydrogens is 340 g/mol. The maximum Gasteiger partial charge on any atom is 0.310 e. The molecule has 2 rings (SSSR count). The Labute approximate surface area is 161 Å². The van der Waals surface area contributed by atoms with Crippen LogP contribution in [0.5, 0.6) is 0 Å². The monoisotopic (exact) mass is 370 g/mol. The molecule has 0 N–H and O–H groups in total. The van der Waals surface area contributed by atoms with E-state index in [4.69, 9.17) is 4.74 Å². The van der Waals surface area contributed by atoms with Crippen LogP contribution in [0.25, 0.3) is 0 Å². The highest BCUT2D eigenvalue weighted by Crippen LogP contribution is 2.17. The van der Waals surface area contributed by atoms with Crippen LogP contribution >= 0.6 is 0 Å². The summed E-state index contributed by atoms with van der Waals surface area (Å²) < 4.78 is 7.15. The highest BCUT2D eigenvalue weighted by molar-refractivity contribution is 5.98. The fourth-order valence-electron chi connectivity index (χ4n) is 2.99. The summed E-state index contributed by atoms with van der Waals surface area (Å²) >= 11 is 0. The van der Waals surface area contributed by atoms with Crippen LogP contribution in [0.2, 0.25) is 0 Å². The number of esters is 1. The average Bonchev–Trinajstić information content (AvgIpc) is 2.86. The number of nitrogens with zero attached hydrogens (tertiary/aromatic N) is 2. The molecule has 1 aromatic carbocycles.